The number of carbonyl (C=O) groups excluding carboxylic acids is 1. The topological polar surface area (TPSA) is 44.4 Å². The van der Waals surface area contributed by atoms with Crippen LogP contribution in [0, 0.1) is 0 Å². The van der Waals surface area contributed by atoms with E-state index in [9.17, 15) is 4.79 Å². The molecule has 2 saturated heterocycles. The van der Waals surface area contributed by atoms with Crippen LogP contribution in [0.2, 0.25) is 0 Å². The van der Waals surface area contributed by atoms with Crippen molar-refractivity contribution < 1.29 is 4.79 Å². The highest BCUT2D eigenvalue weighted by Gasteiger charge is 2.40. The lowest BCUT2D eigenvalue weighted by molar-refractivity contribution is -0.128. The van der Waals surface area contributed by atoms with E-state index in [0.717, 1.165) is 51.7 Å². The highest BCUT2D eigenvalue weighted by atomic mass is 16.2. The minimum absolute atomic E-state index is 0.233. The fraction of sp³-hybridized carbons (Fsp3) is 0.923. The Hall–Kier alpha value is -0.610. The molecule has 98 valence electrons. The molecular weight excluding hydrogens is 214 g/mol. The number of likely N-dealkylation sites (tertiary alicyclic amines) is 1. The minimum atomic E-state index is -0.268. The lowest BCUT2D eigenvalue weighted by atomic mass is 9.90. The molecule has 2 aliphatic heterocycles. The van der Waals surface area contributed by atoms with Gasteiger partial charge in [0.05, 0.1) is 5.54 Å². The zero-order valence-corrected chi connectivity index (χ0v) is 11.1. The zero-order valence-electron chi connectivity index (χ0n) is 11.1. The summed E-state index contributed by atoms with van der Waals surface area (Å²) in [6.45, 7) is 5.23. The second-order valence-corrected chi connectivity index (χ2v) is 5.58. The SMILES string of the molecule is CCCC1(C(=O)NC2CCN(C)C2)CCCN1. The molecule has 2 rings (SSSR count). The number of hydrogen-bond donors (Lipinski definition) is 2. The van der Waals surface area contributed by atoms with Crippen molar-refractivity contribution in [3.05, 3.63) is 0 Å². The first kappa shape index (κ1) is 12.8. The van der Waals surface area contributed by atoms with Gasteiger partial charge in [-0.3, -0.25) is 4.79 Å². The van der Waals surface area contributed by atoms with Gasteiger partial charge in [0.1, 0.15) is 0 Å². The maximum atomic E-state index is 12.4. The summed E-state index contributed by atoms with van der Waals surface area (Å²) in [5, 5.41) is 6.66. The molecule has 4 nitrogen and oxygen atoms in total. The summed E-state index contributed by atoms with van der Waals surface area (Å²) in [6, 6.07) is 0.351. The summed E-state index contributed by atoms with van der Waals surface area (Å²) in [5.41, 5.74) is -0.268. The van der Waals surface area contributed by atoms with Gasteiger partial charge in [-0.1, -0.05) is 13.3 Å². The molecule has 1 amide bonds. The predicted octanol–water partition coefficient (Wildman–Crippen LogP) is 0.729. The van der Waals surface area contributed by atoms with Gasteiger partial charge >= 0.3 is 0 Å². The third-order valence-corrected chi connectivity index (χ3v) is 4.08. The van der Waals surface area contributed by atoms with E-state index < -0.39 is 0 Å². The maximum absolute atomic E-state index is 12.4. The molecule has 4 heteroatoms. The number of nitrogens with zero attached hydrogens (tertiary/aromatic N) is 1. The monoisotopic (exact) mass is 239 g/mol. The van der Waals surface area contributed by atoms with Crippen LogP contribution in [0.3, 0.4) is 0 Å². The number of amides is 1. The van der Waals surface area contributed by atoms with Crippen LogP contribution in [-0.2, 0) is 4.79 Å². The molecule has 2 unspecified atom stereocenters. The molecule has 2 aliphatic rings. The Morgan fingerprint density at radius 1 is 1.59 bits per heavy atom. The summed E-state index contributed by atoms with van der Waals surface area (Å²) in [5.74, 6) is 0.233. The Morgan fingerprint density at radius 2 is 2.41 bits per heavy atom. The third kappa shape index (κ3) is 2.80. The van der Waals surface area contributed by atoms with E-state index in [1.165, 1.54) is 0 Å². The summed E-state index contributed by atoms with van der Waals surface area (Å²) in [6.07, 6.45) is 5.23. The molecule has 2 heterocycles. The largest absolute Gasteiger partial charge is 0.350 e. The molecule has 17 heavy (non-hydrogen) atoms. The van der Waals surface area contributed by atoms with Crippen LogP contribution in [0.4, 0.5) is 0 Å². The van der Waals surface area contributed by atoms with Crippen LogP contribution in [0.25, 0.3) is 0 Å². The Kier molecular flexibility index (Phi) is 4.05. The van der Waals surface area contributed by atoms with Crippen LogP contribution in [0.15, 0.2) is 0 Å². The molecule has 0 aromatic rings. The van der Waals surface area contributed by atoms with Gasteiger partial charge in [0.15, 0.2) is 0 Å². The maximum Gasteiger partial charge on any atom is 0.240 e. The van der Waals surface area contributed by atoms with Gasteiger partial charge in [0, 0.05) is 12.6 Å². The van der Waals surface area contributed by atoms with E-state index in [1.807, 2.05) is 0 Å². The molecule has 0 aromatic heterocycles. The molecule has 0 aromatic carbocycles. The van der Waals surface area contributed by atoms with Crippen molar-refractivity contribution in [1.29, 1.82) is 0 Å². The second-order valence-electron chi connectivity index (χ2n) is 5.58. The molecule has 0 bridgehead atoms. The highest BCUT2D eigenvalue weighted by molar-refractivity contribution is 5.87. The second kappa shape index (κ2) is 5.36. The van der Waals surface area contributed by atoms with Gasteiger partial charge in [0.25, 0.3) is 0 Å². The molecule has 0 radical (unpaired) electrons. The van der Waals surface area contributed by atoms with E-state index >= 15 is 0 Å². The Bertz CT molecular complexity index is 274. The van der Waals surface area contributed by atoms with Crippen LogP contribution in [0.5, 0.6) is 0 Å². The lowest BCUT2D eigenvalue weighted by Crippen LogP contribution is -2.56. The van der Waals surface area contributed by atoms with Crippen LogP contribution in [-0.4, -0.2) is 49.1 Å². The quantitative estimate of drug-likeness (QED) is 0.760. The number of carbonyl (C=O) groups is 1. The molecule has 2 atom stereocenters. The van der Waals surface area contributed by atoms with Gasteiger partial charge in [0.2, 0.25) is 5.91 Å². The first-order valence-corrected chi connectivity index (χ1v) is 6.91. The Labute approximate surface area is 104 Å². The highest BCUT2D eigenvalue weighted by Crippen LogP contribution is 2.25. The predicted molar refractivity (Wildman–Crippen MR) is 68.9 cm³/mol. The number of rotatable bonds is 4. The summed E-state index contributed by atoms with van der Waals surface area (Å²) in [7, 11) is 2.11. The molecule has 2 fully saturated rings. The standard InChI is InChI=1S/C13H25N3O/c1-3-6-13(7-4-8-14-13)12(17)15-11-5-9-16(2)10-11/h11,14H,3-10H2,1-2H3,(H,15,17). The summed E-state index contributed by atoms with van der Waals surface area (Å²) in [4.78, 5) is 14.7. The molecule has 0 saturated carbocycles. The van der Waals surface area contributed by atoms with Crippen molar-refractivity contribution in [2.45, 2.75) is 50.6 Å². The Balaban J connectivity index is 1.92. The average molecular weight is 239 g/mol. The summed E-state index contributed by atoms with van der Waals surface area (Å²) >= 11 is 0. The zero-order chi connectivity index (χ0) is 12.3. The van der Waals surface area contributed by atoms with Gasteiger partial charge in [-0.05, 0) is 45.8 Å². The van der Waals surface area contributed by atoms with Crippen LogP contribution in [0.1, 0.15) is 39.0 Å². The fourth-order valence-electron chi connectivity index (χ4n) is 3.13. The molecule has 0 aliphatic carbocycles. The number of likely N-dealkylation sites (N-methyl/N-ethyl adjacent to an activating group) is 1. The smallest absolute Gasteiger partial charge is 0.240 e. The van der Waals surface area contributed by atoms with E-state index in [2.05, 4.69) is 29.5 Å². The first-order chi connectivity index (χ1) is 8.16. The van der Waals surface area contributed by atoms with Crippen molar-refractivity contribution in [1.82, 2.24) is 15.5 Å². The first-order valence-electron chi connectivity index (χ1n) is 6.91. The van der Waals surface area contributed by atoms with Gasteiger partial charge < -0.3 is 15.5 Å². The van der Waals surface area contributed by atoms with Crippen molar-refractivity contribution >= 4 is 5.91 Å². The van der Waals surface area contributed by atoms with Crippen molar-refractivity contribution in [2.75, 3.05) is 26.7 Å². The van der Waals surface area contributed by atoms with Crippen molar-refractivity contribution in [2.24, 2.45) is 0 Å². The van der Waals surface area contributed by atoms with E-state index in [1.54, 1.807) is 0 Å². The summed E-state index contributed by atoms with van der Waals surface area (Å²) < 4.78 is 0. The Morgan fingerprint density at radius 3 is 2.94 bits per heavy atom. The minimum Gasteiger partial charge on any atom is -0.350 e. The van der Waals surface area contributed by atoms with E-state index in [-0.39, 0.29) is 11.4 Å². The number of nitrogens with one attached hydrogen (secondary N) is 2. The molecular formula is C13H25N3O. The fourth-order valence-corrected chi connectivity index (χ4v) is 3.13. The normalized spacial score (nSPS) is 34.1. The number of hydrogen-bond acceptors (Lipinski definition) is 3. The van der Waals surface area contributed by atoms with Gasteiger partial charge in [-0.2, -0.15) is 0 Å². The van der Waals surface area contributed by atoms with E-state index in [4.69, 9.17) is 0 Å². The average Bonchev–Trinajstić information content (AvgIpc) is 2.89. The van der Waals surface area contributed by atoms with Gasteiger partial charge in [-0.15, -0.1) is 0 Å². The van der Waals surface area contributed by atoms with Gasteiger partial charge in [-0.25, -0.2) is 0 Å². The molecule has 2 N–H and O–H groups in total. The van der Waals surface area contributed by atoms with Crippen LogP contribution >= 0.6 is 0 Å². The molecule has 0 spiro atoms. The lowest BCUT2D eigenvalue weighted by Gasteiger charge is -2.29. The van der Waals surface area contributed by atoms with E-state index in [0.29, 0.717) is 6.04 Å². The van der Waals surface area contributed by atoms with Crippen molar-refractivity contribution in [3.63, 3.8) is 0 Å². The van der Waals surface area contributed by atoms with Crippen molar-refractivity contribution in [3.8, 4) is 0 Å². The van der Waals surface area contributed by atoms with Crippen LogP contribution < -0.4 is 10.6 Å². The third-order valence-electron chi connectivity index (χ3n) is 4.08.